The summed E-state index contributed by atoms with van der Waals surface area (Å²) in [7, 11) is 0. The standard InChI is InChI=1S/C25H28FN/c1-6-7-12-24(25(4,5)26)17-19(2)22-13-15-23(16-14-22)20(3)27-18-21-10-8-9-11-21/h1,8-10,12-17,27H,3,7,11,18H2,2,4-5H3/b19-17+,24-12+. The van der Waals surface area contributed by atoms with Crippen LogP contribution in [-0.2, 0) is 0 Å². The van der Waals surface area contributed by atoms with Crippen LogP contribution in [0.1, 0.15) is 44.7 Å². The van der Waals surface area contributed by atoms with E-state index < -0.39 is 5.67 Å². The maximum Gasteiger partial charge on any atom is 0.130 e. The van der Waals surface area contributed by atoms with Crippen molar-refractivity contribution in [2.24, 2.45) is 0 Å². The van der Waals surface area contributed by atoms with Crippen molar-refractivity contribution in [2.45, 2.75) is 39.3 Å². The van der Waals surface area contributed by atoms with E-state index in [1.165, 1.54) is 5.57 Å². The molecule has 0 spiro atoms. The van der Waals surface area contributed by atoms with Gasteiger partial charge in [0, 0.05) is 18.7 Å². The lowest BCUT2D eigenvalue weighted by Gasteiger charge is -2.17. The lowest BCUT2D eigenvalue weighted by Crippen LogP contribution is -2.14. The van der Waals surface area contributed by atoms with E-state index in [4.69, 9.17) is 6.42 Å². The van der Waals surface area contributed by atoms with Crippen LogP contribution < -0.4 is 5.32 Å². The molecule has 0 saturated carbocycles. The first-order chi connectivity index (χ1) is 12.8. The van der Waals surface area contributed by atoms with Gasteiger partial charge in [-0.3, -0.25) is 0 Å². The Bertz CT molecular complexity index is 834. The summed E-state index contributed by atoms with van der Waals surface area (Å²) in [6.07, 6.45) is 16.7. The minimum Gasteiger partial charge on any atom is -0.381 e. The van der Waals surface area contributed by atoms with Gasteiger partial charge in [-0.2, -0.15) is 0 Å². The third-order valence-electron chi connectivity index (χ3n) is 4.56. The third-order valence-corrected chi connectivity index (χ3v) is 4.56. The second kappa shape index (κ2) is 9.24. The summed E-state index contributed by atoms with van der Waals surface area (Å²) >= 11 is 0. The van der Waals surface area contributed by atoms with Crippen LogP contribution >= 0.6 is 0 Å². The highest BCUT2D eigenvalue weighted by Gasteiger charge is 2.20. The van der Waals surface area contributed by atoms with Crippen molar-refractivity contribution in [3.63, 3.8) is 0 Å². The van der Waals surface area contributed by atoms with Crippen molar-refractivity contribution in [2.75, 3.05) is 6.54 Å². The molecule has 0 saturated heterocycles. The summed E-state index contributed by atoms with van der Waals surface area (Å²) in [6, 6.07) is 8.15. The van der Waals surface area contributed by atoms with Gasteiger partial charge in [0.2, 0.25) is 0 Å². The van der Waals surface area contributed by atoms with Crippen molar-refractivity contribution in [3.05, 3.63) is 83.5 Å². The van der Waals surface area contributed by atoms with Gasteiger partial charge in [0.05, 0.1) is 0 Å². The van der Waals surface area contributed by atoms with Gasteiger partial charge in [-0.05, 0) is 55.0 Å². The van der Waals surface area contributed by atoms with Crippen LogP contribution in [0.15, 0.2) is 72.4 Å². The highest BCUT2D eigenvalue weighted by Crippen LogP contribution is 2.27. The first-order valence-electron chi connectivity index (χ1n) is 9.20. The number of hydrogen-bond donors (Lipinski definition) is 1. The molecule has 0 atom stereocenters. The van der Waals surface area contributed by atoms with E-state index in [0.29, 0.717) is 12.0 Å². The second-order valence-electron chi connectivity index (χ2n) is 7.23. The van der Waals surface area contributed by atoms with E-state index in [0.717, 1.165) is 35.4 Å². The number of terminal acetylenes is 1. The predicted octanol–water partition coefficient (Wildman–Crippen LogP) is 6.23. The zero-order chi connectivity index (χ0) is 19.9. The van der Waals surface area contributed by atoms with Gasteiger partial charge in [-0.15, -0.1) is 12.3 Å². The number of alkyl halides is 1. The molecule has 1 aromatic carbocycles. The Morgan fingerprint density at radius 3 is 2.52 bits per heavy atom. The molecule has 1 aliphatic rings. The largest absolute Gasteiger partial charge is 0.381 e. The fourth-order valence-electron chi connectivity index (χ4n) is 2.84. The second-order valence-corrected chi connectivity index (χ2v) is 7.23. The van der Waals surface area contributed by atoms with Crippen molar-refractivity contribution < 1.29 is 4.39 Å². The predicted molar refractivity (Wildman–Crippen MR) is 116 cm³/mol. The molecule has 0 unspecified atom stereocenters. The quantitative estimate of drug-likeness (QED) is 0.427. The normalized spacial score (nSPS) is 14.7. The van der Waals surface area contributed by atoms with E-state index in [2.05, 4.69) is 36.0 Å². The summed E-state index contributed by atoms with van der Waals surface area (Å²) in [5.74, 6) is 2.54. The van der Waals surface area contributed by atoms with Crippen LogP contribution in [0, 0.1) is 12.3 Å². The topological polar surface area (TPSA) is 12.0 Å². The van der Waals surface area contributed by atoms with Crippen LogP contribution in [0.25, 0.3) is 11.3 Å². The van der Waals surface area contributed by atoms with Gasteiger partial charge in [0.25, 0.3) is 0 Å². The van der Waals surface area contributed by atoms with Crippen molar-refractivity contribution >= 4 is 11.3 Å². The fourth-order valence-corrected chi connectivity index (χ4v) is 2.84. The molecule has 0 fully saturated rings. The molecule has 1 N–H and O–H groups in total. The number of halogens is 1. The molecule has 2 rings (SSSR count). The maximum atomic E-state index is 14.4. The summed E-state index contributed by atoms with van der Waals surface area (Å²) in [5, 5.41) is 3.37. The fraction of sp³-hybridized carbons (Fsp3) is 0.280. The van der Waals surface area contributed by atoms with E-state index in [1.54, 1.807) is 19.9 Å². The lowest BCUT2D eigenvalue weighted by atomic mass is 9.94. The Kier molecular flexibility index (Phi) is 7.02. The van der Waals surface area contributed by atoms with Crippen LogP contribution in [0.3, 0.4) is 0 Å². The molecule has 0 radical (unpaired) electrons. The average molecular weight is 362 g/mol. The molecule has 140 valence electrons. The molecule has 0 aliphatic heterocycles. The molecule has 0 bridgehead atoms. The molecule has 1 nitrogen and oxygen atoms in total. The highest BCUT2D eigenvalue weighted by atomic mass is 19.1. The molecule has 0 amide bonds. The summed E-state index contributed by atoms with van der Waals surface area (Å²) < 4.78 is 14.4. The SMILES string of the molecule is C#CC/C=C(\C=C(/C)c1ccc(C(=C)NCC2=CC=CC2)cc1)C(C)(C)F. The Labute approximate surface area is 163 Å². The van der Waals surface area contributed by atoms with Crippen LogP contribution in [0.2, 0.25) is 0 Å². The van der Waals surface area contributed by atoms with E-state index in [9.17, 15) is 4.39 Å². The average Bonchev–Trinajstić information content (AvgIpc) is 3.15. The Morgan fingerprint density at radius 2 is 1.96 bits per heavy atom. The van der Waals surface area contributed by atoms with Gasteiger partial charge < -0.3 is 5.32 Å². The molecule has 0 aromatic heterocycles. The molecular weight excluding hydrogens is 333 g/mol. The Morgan fingerprint density at radius 1 is 1.30 bits per heavy atom. The molecule has 2 heteroatoms. The monoisotopic (exact) mass is 361 g/mol. The zero-order valence-electron chi connectivity index (χ0n) is 16.5. The zero-order valence-corrected chi connectivity index (χ0v) is 16.5. The smallest absolute Gasteiger partial charge is 0.130 e. The molecule has 27 heavy (non-hydrogen) atoms. The van der Waals surface area contributed by atoms with Gasteiger partial charge in [0.1, 0.15) is 5.67 Å². The minimum atomic E-state index is -1.43. The summed E-state index contributed by atoms with van der Waals surface area (Å²) in [4.78, 5) is 0. The highest BCUT2D eigenvalue weighted by molar-refractivity contribution is 5.70. The minimum absolute atomic E-state index is 0.419. The summed E-state index contributed by atoms with van der Waals surface area (Å²) in [6.45, 7) is 10.0. The number of hydrogen-bond acceptors (Lipinski definition) is 1. The van der Waals surface area contributed by atoms with Crippen LogP contribution in [0.4, 0.5) is 4.39 Å². The van der Waals surface area contributed by atoms with Gasteiger partial charge >= 0.3 is 0 Å². The van der Waals surface area contributed by atoms with E-state index >= 15 is 0 Å². The maximum absolute atomic E-state index is 14.4. The molecule has 1 aliphatic carbocycles. The molecular formula is C25H28FN. The van der Waals surface area contributed by atoms with Gasteiger partial charge in [-0.25, -0.2) is 4.39 Å². The van der Waals surface area contributed by atoms with Crippen molar-refractivity contribution in [1.82, 2.24) is 5.32 Å². The van der Waals surface area contributed by atoms with Crippen molar-refractivity contribution in [1.29, 1.82) is 0 Å². The summed E-state index contributed by atoms with van der Waals surface area (Å²) in [5.41, 5.74) is 4.52. The number of benzene rings is 1. The van der Waals surface area contributed by atoms with Crippen LogP contribution in [0.5, 0.6) is 0 Å². The van der Waals surface area contributed by atoms with E-state index in [1.807, 2.05) is 37.3 Å². The number of nitrogens with one attached hydrogen (secondary N) is 1. The van der Waals surface area contributed by atoms with Gasteiger partial charge in [-0.1, -0.05) is 61.2 Å². The Balaban J connectivity index is 2.08. The first-order valence-corrected chi connectivity index (χ1v) is 9.20. The first kappa shape index (κ1) is 20.5. The third kappa shape index (κ3) is 6.15. The molecule has 1 aromatic rings. The Hall–Kier alpha value is -2.79. The number of allylic oxidation sites excluding steroid dienone is 7. The lowest BCUT2D eigenvalue weighted by molar-refractivity contribution is 0.273. The molecule has 0 heterocycles. The number of rotatable bonds is 8. The van der Waals surface area contributed by atoms with E-state index in [-0.39, 0.29) is 0 Å². The van der Waals surface area contributed by atoms with Crippen molar-refractivity contribution in [3.8, 4) is 12.3 Å². The van der Waals surface area contributed by atoms with Gasteiger partial charge in [0.15, 0.2) is 0 Å². The van der Waals surface area contributed by atoms with Crippen LogP contribution in [-0.4, -0.2) is 12.2 Å².